The number of unbranched alkanes of at least 4 members (excludes halogenated alkanes) is 20. The van der Waals surface area contributed by atoms with Crippen LogP contribution in [-0.2, 0) is 28.6 Å². The van der Waals surface area contributed by atoms with E-state index in [1.807, 2.05) is 21.1 Å². The molecule has 0 saturated heterocycles. The summed E-state index contributed by atoms with van der Waals surface area (Å²) in [5.41, 5.74) is 0. The summed E-state index contributed by atoms with van der Waals surface area (Å²) >= 11 is 0. The van der Waals surface area contributed by atoms with Crippen LogP contribution in [-0.4, -0.2) is 80.6 Å². The molecule has 0 aliphatic carbocycles. The first-order chi connectivity index (χ1) is 26.6. The standard InChI is InChI=1S/C47H85NO7/c1-6-8-10-12-14-16-18-19-20-21-22-23-24-25-26-27-28-30-31-33-35-37-45(49)54-42-43(41-53-40-39-44(47(51)52)48(3,4)5)55-46(50)38-36-34-32-29-17-15-13-11-9-7-2/h8,10,13-16,43-44H,6-7,9,11-12,17-42H2,1-5H3/p+1/b10-8+,15-13+,16-14+. The van der Waals surface area contributed by atoms with Crippen LogP contribution in [0.25, 0.3) is 0 Å². The zero-order valence-corrected chi connectivity index (χ0v) is 36.4. The summed E-state index contributed by atoms with van der Waals surface area (Å²) in [6, 6.07) is -0.614. The molecule has 55 heavy (non-hydrogen) atoms. The molecule has 0 aliphatic heterocycles. The van der Waals surface area contributed by atoms with Crippen LogP contribution < -0.4 is 0 Å². The van der Waals surface area contributed by atoms with Gasteiger partial charge in [-0.15, -0.1) is 0 Å². The number of carbonyl (C=O) groups is 3. The van der Waals surface area contributed by atoms with E-state index in [1.54, 1.807) is 0 Å². The molecule has 0 spiro atoms. The van der Waals surface area contributed by atoms with Crippen LogP contribution in [0, 0.1) is 0 Å². The summed E-state index contributed by atoms with van der Waals surface area (Å²) in [6.45, 7) is 4.59. The average Bonchev–Trinajstić information content (AvgIpc) is 3.14. The van der Waals surface area contributed by atoms with E-state index < -0.39 is 18.1 Å². The summed E-state index contributed by atoms with van der Waals surface area (Å²) in [4.78, 5) is 36.9. The second-order valence-electron chi connectivity index (χ2n) is 16.3. The van der Waals surface area contributed by atoms with Crippen LogP contribution in [0.1, 0.15) is 194 Å². The number of carboxylic acids is 1. The molecule has 320 valence electrons. The van der Waals surface area contributed by atoms with E-state index in [-0.39, 0.29) is 36.2 Å². The molecule has 0 amide bonds. The highest BCUT2D eigenvalue weighted by molar-refractivity contribution is 5.72. The summed E-state index contributed by atoms with van der Waals surface area (Å²) in [7, 11) is 5.52. The van der Waals surface area contributed by atoms with Gasteiger partial charge in [0.25, 0.3) is 0 Å². The Hall–Kier alpha value is -2.45. The number of likely N-dealkylation sites (N-methyl/N-ethyl adjacent to an activating group) is 1. The fourth-order valence-corrected chi connectivity index (χ4v) is 6.52. The van der Waals surface area contributed by atoms with Crippen LogP contribution in [0.5, 0.6) is 0 Å². The Morgan fingerprint density at radius 2 is 1.02 bits per heavy atom. The van der Waals surface area contributed by atoms with Gasteiger partial charge in [-0.05, 0) is 57.8 Å². The maximum atomic E-state index is 12.7. The maximum Gasteiger partial charge on any atom is 0.362 e. The van der Waals surface area contributed by atoms with Crippen molar-refractivity contribution in [3.05, 3.63) is 36.5 Å². The number of aliphatic carboxylic acids is 1. The summed E-state index contributed by atoms with van der Waals surface area (Å²) in [5, 5.41) is 9.60. The molecule has 8 nitrogen and oxygen atoms in total. The Morgan fingerprint density at radius 1 is 0.564 bits per heavy atom. The van der Waals surface area contributed by atoms with E-state index in [0.717, 1.165) is 70.6 Å². The lowest BCUT2D eigenvalue weighted by Gasteiger charge is -2.31. The predicted molar refractivity (Wildman–Crippen MR) is 229 cm³/mol. The summed E-state index contributed by atoms with van der Waals surface area (Å²) in [5.74, 6) is -1.48. The van der Waals surface area contributed by atoms with E-state index in [4.69, 9.17) is 14.2 Å². The van der Waals surface area contributed by atoms with Crippen LogP contribution >= 0.6 is 0 Å². The van der Waals surface area contributed by atoms with Crippen molar-refractivity contribution in [3.63, 3.8) is 0 Å². The predicted octanol–water partition coefficient (Wildman–Crippen LogP) is 12.2. The average molecular weight is 777 g/mol. The van der Waals surface area contributed by atoms with Crippen molar-refractivity contribution < 1.29 is 38.2 Å². The number of quaternary nitrogens is 1. The highest BCUT2D eigenvalue weighted by Crippen LogP contribution is 2.15. The molecule has 0 aromatic heterocycles. The van der Waals surface area contributed by atoms with Gasteiger partial charge in [-0.3, -0.25) is 9.59 Å². The van der Waals surface area contributed by atoms with Gasteiger partial charge in [0.2, 0.25) is 0 Å². The maximum absolute atomic E-state index is 12.7. The van der Waals surface area contributed by atoms with Gasteiger partial charge in [-0.2, -0.15) is 0 Å². The molecular formula is C47H86NO7+. The van der Waals surface area contributed by atoms with Gasteiger partial charge in [0.1, 0.15) is 6.61 Å². The summed E-state index contributed by atoms with van der Waals surface area (Å²) in [6.07, 6.45) is 43.4. The molecule has 0 saturated carbocycles. The summed E-state index contributed by atoms with van der Waals surface area (Å²) < 4.78 is 17.2. The van der Waals surface area contributed by atoms with Gasteiger partial charge < -0.3 is 23.8 Å². The third-order valence-electron chi connectivity index (χ3n) is 10.0. The molecule has 0 aromatic rings. The van der Waals surface area contributed by atoms with E-state index in [2.05, 4.69) is 50.3 Å². The number of ether oxygens (including phenoxy) is 3. The minimum atomic E-state index is -0.877. The van der Waals surface area contributed by atoms with E-state index in [1.165, 1.54) is 89.9 Å². The molecular weight excluding hydrogens is 691 g/mol. The lowest BCUT2D eigenvalue weighted by Crippen LogP contribution is -2.50. The number of nitrogens with zero attached hydrogens (tertiary/aromatic N) is 1. The fraction of sp³-hybridized carbons (Fsp3) is 0.809. The van der Waals surface area contributed by atoms with E-state index in [9.17, 15) is 19.5 Å². The van der Waals surface area contributed by atoms with Crippen molar-refractivity contribution in [2.45, 2.75) is 206 Å². The second kappa shape index (κ2) is 38.4. The lowest BCUT2D eigenvalue weighted by molar-refractivity contribution is -0.887. The van der Waals surface area contributed by atoms with Gasteiger partial charge >= 0.3 is 17.9 Å². The number of hydrogen-bond acceptors (Lipinski definition) is 6. The molecule has 8 heteroatoms. The molecule has 2 atom stereocenters. The number of carbonyl (C=O) groups excluding carboxylic acids is 2. The van der Waals surface area contributed by atoms with Crippen LogP contribution in [0.15, 0.2) is 36.5 Å². The van der Waals surface area contributed by atoms with Crippen molar-refractivity contribution >= 4 is 17.9 Å². The molecule has 0 rings (SSSR count). The highest BCUT2D eigenvalue weighted by atomic mass is 16.6. The van der Waals surface area contributed by atoms with Gasteiger partial charge in [-0.1, -0.05) is 153 Å². The largest absolute Gasteiger partial charge is 0.477 e. The Kier molecular flexibility index (Phi) is 36.7. The first kappa shape index (κ1) is 52.6. The second-order valence-corrected chi connectivity index (χ2v) is 16.3. The number of esters is 2. The minimum absolute atomic E-state index is 0.0539. The van der Waals surface area contributed by atoms with Crippen molar-refractivity contribution in [2.24, 2.45) is 0 Å². The van der Waals surface area contributed by atoms with Crippen molar-refractivity contribution in [2.75, 3.05) is 41.0 Å². The normalized spacial score (nSPS) is 13.3. The number of rotatable bonds is 40. The van der Waals surface area contributed by atoms with E-state index in [0.29, 0.717) is 19.3 Å². The SMILES string of the molecule is CC/C=C/C/C=C/CCCCCCCCCCCCCCCCC(=O)OCC(COCCC(C(=O)O)[N+](C)(C)C)OC(=O)CCCCCC/C=C/CCCC. The number of allylic oxidation sites excluding steroid dienone is 6. The van der Waals surface area contributed by atoms with Crippen LogP contribution in [0.3, 0.4) is 0 Å². The monoisotopic (exact) mass is 777 g/mol. The zero-order valence-electron chi connectivity index (χ0n) is 36.4. The third kappa shape index (κ3) is 36.9. The molecule has 2 unspecified atom stereocenters. The molecule has 0 fully saturated rings. The van der Waals surface area contributed by atoms with Gasteiger partial charge in [0.05, 0.1) is 34.4 Å². The Morgan fingerprint density at radius 3 is 1.51 bits per heavy atom. The van der Waals surface area contributed by atoms with Crippen molar-refractivity contribution in [3.8, 4) is 0 Å². The molecule has 0 bridgehead atoms. The van der Waals surface area contributed by atoms with Crippen LogP contribution in [0.4, 0.5) is 0 Å². The van der Waals surface area contributed by atoms with E-state index >= 15 is 0 Å². The van der Waals surface area contributed by atoms with Gasteiger partial charge in [0.15, 0.2) is 12.1 Å². The van der Waals surface area contributed by atoms with Gasteiger partial charge in [0, 0.05) is 19.3 Å². The molecule has 0 radical (unpaired) electrons. The first-order valence-corrected chi connectivity index (χ1v) is 22.5. The Balaban J connectivity index is 4.19. The molecule has 0 heterocycles. The van der Waals surface area contributed by atoms with Crippen LogP contribution in [0.2, 0.25) is 0 Å². The first-order valence-electron chi connectivity index (χ1n) is 22.5. The Labute approximate surface area is 338 Å². The number of carboxylic acid groups (broad SMARTS) is 1. The smallest absolute Gasteiger partial charge is 0.362 e. The molecule has 0 aromatic carbocycles. The quantitative estimate of drug-likeness (QED) is 0.0286. The van der Waals surface area contributed by atoms with Crippen molar-refractivity contribution in [1.82, 2.24) is 0 Å². The number of hydrogen-bond donors (Lipinski definition) is 1. The molecule has 1 N–H and O–H groups in total. The Bertz CT molecular complexity index is 1000. The zero-order chi connectivity index (χ0) is 40.7. The van der Waals surface area contributed by atoms with Gasteiger partial charge in [-0.25, -0.2) is 4.79 Å². The fourth-order valence-electron chi connectivity index (χ4n) is 6.52. The molecule has 0 aliphatic rings. The minimum Gasteiger partial charge on any atom is -0.477 e. The topological polar surface area (TPSA) is 99.1 Å². The third-order valence-corrected chi connectivity index (χ3v) is 10.0. The lowest BCUT2D eigenvalue weighted by atomic mass is 10.0. The highest BCUT2D eigenvalue weighted by Gasteiger charge is 2.31. The van der Waals surface area contributed by atoms with Crippen molar-refractivity contribution in [1.29, 1.82) is 0 Å².